The Bertz CT molecular complexity index is 797. The van der Waals surface area contributed by atoms with Crippen LogP contribution in [0.2, 0.25) is 0 Å². The van der Waals surface area contributed by atoms with Crippen LogP contribution < -0.4 is 0 Å². The number of hydrogen-bond donors (Lipinski definition) is 2. The molecule has 0 aliphatic carbocycles. The first-order valence-corrected chi connectivity index (χ1v) is 18.2. The number of hydrogen-bond acceptors (Lipinski definition) is 6. The molecule has 0 unspecified atom stereocenters. The number of aliphatic hydroxyl groups is 2. The van der Waals surface area contributed by atoms with E-state index in [1.807, 2.05) is 36.5 Å². The van der Waals surface area contributed by atoms with E-state index in [0.717, 1.165) is 44.4 Å². The van der Waals surface area contributed by atoms with Crippen LogP contribution in [0.1, 0.15) is 156 Å². The summed E-state index contributed by atoms with van der Waals surface area (Å²) in [4.78, 5) is 24.1. The van der Waals surface area contributed by atoms with E-state index in [2.05, 4.69) is 26.8 Å². The molecule has 6 nitrogen and oxygen atoms in total. The van der Waals surface area contributed by atoms with Gasteiger partial charge in [0, 0.05) is 12.8 Å². The molecule has 0 fully saturated rings. The minimum absolute atomic E-state index is 0.105. The topological polar surface area (TPSA) is 93.1 Å². The Balaban J connectivity index is 3.77. The van der Waals surface area contributed by atoms with Crippen molar-refractivity contribution in [2.24, 2.45) is 5.92 Å². The van der Waals surface area contributed by atoms with Gasteiger partial charge in [-0.2, -0.15) is 0 Å². The molecule has 0 aromatic rings. The zero-order valence-electron chi connectivity index (χ0n) is 29.1. The summed E-state index contributed by atoms with van der Waals surface area (Å²) >= 11 is 0. The minimum Gasteiger partial charge on any atom is -0.462 e. The highest BCUT2D eigenvalue weighted by Gasteiger charge is 2.16. The normalized spacial score (nSPS) is 13.6. The maximum absolute atomic E-state index is 12.1. The average Bonchev–Trinajstić information content (AvgIpc) is 3.02. The Morgan fingerprint density at radius 2 is 1.31 bits per heavy atom. The highest BCUT2D eigenvalue weighted by atomic mass is 16.6. The van der Waals surface area contributed by atoms with Gasteiger partial charge in [-0.15, -0.1) is 0 Å². The quantitative estimate of drug-likeness (QED) is 0.0342. The molecule has 6 heteroatoms. The van der Waals surface area contributed by atoms with Gasteiger partial charge in [0.2, 0.25) is 0 Å². The molecule has 0 aromatic heterocycles. The molecule has 0 radical (unpaired) electrons. The number of carbonyl (C=O) groups is 2. The fourth-order valence-electron chi connectivity index (χ4n) is 4.81. The Hall–Kier alpha value is -2.18. The van der Waals surface area contributed by atoms with Crippen LogP contribution in [0.3, 0.4) is 0 Å². The van der Waals surface area contributed by atoms with Crippen molar-refractivity contribution in [1.29, 1.82) is 0 Å². The SMILES string of the molecule is CCCCC/C=C\C[C@H](O)/C=C/C=C\C/C=C\CCCC(=O)O[C@@H](CO)COC(=O)CCCCCCCCCCCCC(C)C. The summed E-state index contributed by atoms with van der Waals surface area (Å²) in [6.07, 6.45) is 36.3. The van der Waals surface area contributed by atoms with E-state index in [1.165, 1.54) is 70.6 Å². The molecule has 0 aliphatic rings. The fraction of sp³-hybridized carbons (Fsp3) is 0.744. The van der Waals surface area contributed by atoms with Crippen molar-refractivity contribution in [3.05, 3.63) is 48.6 Å². The van der Waals surface area contributed by atoms with Crippen LogP contribution in [0.5, 0.6) is 0 Å². The number of ether oxygens (including phenoxy) is 2. The molecular formula is C39H68O6. The molecular weight excluding hydrogens is 564 g/mol. The van der Waals surface area contributed by atoms with E-state index in [-0.39, 0.29) is 25.6 Å². The van der Waals surface area contributed by atoms with Gasteiger partial charge in [-0.3, -0.25) is 9.59 Å². The smallest absolute Gasteiger partial charge is 0.306 e. The van der Waals surface area contributed by atoms with Crippen molar-refractivity contribution < 1.29 is 29.3 Å². The second-order valence-corrected chi connectivity index (χ2v) is 12.6. The van der Waals surface area contributed by atoms with Gasteiger partial charge in [0.1, 0.15) is 6.61 Å². The van der Waals surface area contributed by atoms with Crippen LogP contribution >= 0.6 is 0 Å². The van der Waals surface area contributed by atoms with Crippen molar-refractivity contribution in [1.82, 2.24) is 0 Å². The minimum atomic E-state index is -0.819. The number of unbranched alkanes of at least 4 members (excludes halogenated alkanes) is 13. The highest BCUT2D eigenvalue weighted by Crippen LogP contribution is 2.14. The van der Waals surface area contributed by atoms with Gasteiger partial charge >= 0.3 is 11.9 Å². The van der Waals surface area contributed by atoms with E-state index < -0.39 is 18.2 Å². The maximum atomic E-state index is 12.1. The van der Waals surface area contributed by atoms with Crippen molar-refractivity contribution in [2.45, 2.75) is 168 Å². The molecule has 0 heterocycles. The summed E-state index contributed by atoms with van der Waals surface area (Å²) in [5, 5.41) is 19.5. The molecule has 45 heavy (non-hydrogen) atoms. The fourth-order valence-corrected chi connectivity index (χ4v) is 4.81. The Kier molecular flexibility index (Phi) is 31.6. The van der Waals surface area contributed by atoms with E-state index in [4.69, 9.17) is 9.47 Å². The van der Waals surface area contributed by atoms with E-state index in [1.54, 1.807) is 6.08 Å². The van der Waals surface area contributed by atoms with Crippen LogP contribution in [0.15, 0.2) is 48.6 Å². The summed E-state index contributed by atoms with van der Waals surface area (Å²) < 4.78 is 10.5. The summed E-state index contributed by atoms with van der Waals surface area (Å²) in [5.41, 5.74) is 0. The lowest BCUT2D eigenvalue weighted by Crippen LogP contribution is -2.28. The number of aliphatic hydroxyl groups excluding tert-OH is 2. The standard InChI is InChI=1S/C39H68O6/c1-4-5-6-7-19-24-29-36(41)30-25-20-15-12-13-17-22-27-32-39(43)45-37(33-40)34-44-38(42)31-26-21-16-11-9-8-10-14-18-23-28-35(2)3/h13,15,17,19-20,24-25,30,35-37,40-41H,4-12,14,16,18,21-23,26-29,31-34H2,1-3H3/b17-13-,20-15-,24-19-,30-25+/t36-,37-/m0/s1. The lowest BCUT2D eigenvalue weighted by molar-refractivity contribution is -0.161. The molecule has 0 aliphatic heterocycles. The van der Waals surface area contributed by atoms with Crippen LogP contribution in [-0.2, 0) is 19.1 Å². The number of allylic oxidation sites excluding steroid dienone is 6. The first kappa shape index (κ1) is 42.8. The molecule has 0 rings (SSSR count). The first-order chi connectivity index (χ1) is 21.9. The zero-order chi connectivity index (χ0) is 33.2. The third-order valence-electron chi connectivity index (χ3n) is 7.63. The molecule has 2 N–H and O–H groups in total. The van der Waals surface area contributed by atoms with Gasteiger partial charge in [0.25, 0.3) is 0 Å². The summed E-state index contributed by atoms with van der Waals surface area (Å²) in [7, 11) is 0. The summed E-state index contributed by atoms with van der Waals surface area (Å²) in [6, 6.07) is 0. The van der Waals surface area contributed by atoms with Crippen LogP contribution in [0.4, 0.5) is 0 Å². The molecule has 0 spiro atoms. The predicted octanol–water partition coefficient (Wildman–Crippen LogP) is 9.89. The maximum Gasteiger partial charge on any atom is 0.306 e. The van der Waals surface area contributed by atoms with E-state index in [0.29, 0.717) is 19.3 Å². The van der Waals surface area contributed by atoms with Gasteiger partial charge in [0.05, 0.1) is 12.7 Å². The summed E-state index contributed by atoms with van der Waals surface area (Å²) in [5.74, 6) is 0.119. The number of carbonyl (C=O) groups excluding carboxylic acids is 2. The van der Waals surface area contributed by atoms with E-state index in [9.17, 15) is 19.8 Å². The van der Waals surface area contributed by atoms with Crippen LogP contribution in [0, 0.1) is 5.92 Å². The first-order valence-electron chi connectivity index (χ1n) is 18.2. The second-order valence-electron chi connectivity index (χ2n) is 12.6. The Morgan fingerprint density at radius 3 is 1.98 bits per heavy atom. The monoisotopic (exact) mass is 633 g/mol. The largest absolute Gasteiger partial charge is 0.462 e. The van der Waals surface area contributed by atoms with Gasteiger partial charge in [-0.05, 0) is 50.9 Å². The zero-order valence-corrected chi connectivity index (χ0v) is 29.1. The van der Waals surface area contributed by atoms with Crippen molar-refractivity contribution in [3.8, 4) is 0 Å². The van der Waals surface area contributed by atoms with Crippen LogP contribution in [0.25, 0.3) is 0 Å². The number of esters is 2. The van der Waals surface area contributed by atoms with E-state index >= 15 is 0 Å². The van der Waals surface area contributed by atoms with Gasteiger partial charge in [0.15, 0.2) is 6.10 Å². The number of rotatable bonds is 31. The van der Waals surface area contributed by atoms with Crippen molar-refractivity contribution in [2.75, 3.05) is 13.2 Å². The van der Waals surface area contributed by atoms with Crippen molar-refractivity contribution >= 4 is 11.9 Å². The third-order valence-corrected chi connectivity index (χ3v) is 7.63. The summed E-state index contributed by atoms with van der Waals surface area (Å²) in [6.45, 7) is 6.30. The molecule has 0 saturated carbocycles. The second kappa shape index (κ2) is 33.2. The Morgan fingerprint density at radius 1 is 0.689 bits per heavy atom. The molecule has 260 valence electrons. The average molecular weight is 633 g/mol. The lowest BCUT2D eigenvalue weighted by atomic mass is 10.0. The predicted molar refractivity (Wildman–Crippen MR) is 188 cm³/mol. The molecule has 0 amide bonds. The third kappa shape index (κ3) is 33.0. The molecule has 0 aromatic carbocycles. The lowest BCUT2D eigenvalue weighted by Gasteiger charge is -2.15. The Labute approximate surface area is 276 Å². The van der Waals surface area contributed by atoms with Gasteiger partial charge < -0.3 is 19.7 Å². The van der Waals surface area contributed by atoms with Gasteiger partial charge in [-0.25, -0.2) is 0 Å². The molecule has 0 bridgehead atoms. The van der Waals surface area contributed by atoms with Crippen molar-refractivity contribution in [3.63, 3.8) is 0 Å². The molecule has 0 saturated heterocycles. The highest BCUT2D eigenvalue weighted by molar-refractivity contribution is 5.70. The molecule has 2 atom stereocenters. The van der Waals surface area contributed by atoms with Gasteiger partial charge in [-0.1, -0.05) is 146 Å². The van der Waals surface area contributed by atoms with Crippen LogP contribution in [-0.4, -0.2) is 47.6 Å².